The molecular weight excluding hydrogens is 364 g/mol. The number of nitrogens with one attached hydrogen (secondary N) is 2. The number of aliphatic imine (C=N–C) groups is 1. The summed E-state index contributed by atoms with van der Waals surface area (Å²) >= 11 is 0. The largest absolute Gasteiger partial charge is 0.496 e. The minimum atomic E-state index is 0.304. The van der Waals surface area contributed by atoms with Crippen molar-refractivity contribution in [3.8, 4) is 11.5 Å². The molecule has 0 amide bonds. The van der Waals surface area contributed by atoms with Crippen LogP contribution in [0, 0.1) is 0 Å². The molecule has 6 nitrogen and oxygen atoms in total. The molecule has 6 heteroatoms. The van der Waals surface area contributed by atoms with E-state index in [1.165, 1.54) is 5.56 Å². The lowest BCUT2D eigenvalue weighted by atomic mass is 10.0. The highest BCUT2D eigenvalue weighted by molar-refractivity contribution is 5.80. The van der Waals surface area contributed by atoms with Crippen molar-refractivity contribution in [2.75, 3.05) is 45.8 Å². The first-order valence-corrected chi connectivity index (χ1v) is 10.1. The van der Waals surface area contributed by atoms with Crippen molar-refractivity contribution < 1.29 is 9.47 Å². The monoisotopic (exact) mass is 396 g/mol. The Kier molecular flexibility index (Phi) is 7.22. The molecule has 2 N–H and O–H groups in total. The zero-order chi connectivity index (χ0) is 20.6. The highest BCUT2D eigenvalue weighted by Crippen LogP contribution is 2.30. The van der Waals surface area contributed by atoms with Gasteiger partial charge in [-0.25, -0.2) is 0 Å². The summed E-state index contributed by atoms with van der Waals surface area (Å²) in [4.78, 5) is 6.77. The molecule has 0 saturated carbocycles. The van der Waals surface area contributed by atoms with Gasteiger partial charge in [0, 0.05) is 38.6 Å². The number of ether oxygens (including phenoxy) is 2. The molecule has 0 radical (unpaired) electrons. The van der Waals surface area contributed by atoms with Gasteiger partial charge in [-0.15, -0.1) is 0 Å². The number of anilines is 1. The molecule has 2 atom stereocenters. The van der Waals surface area contributed by atoms with Crippen LogP contribution in [0.25, 0.3) is 0 Å². The first-order valence-electron chi connectivity index (χ1n) is 10.1. The van der Waals surface area contributed by atoms with Crippen molar-refractivity contribution in [2.24, 2.45) is 4.99 Å². The number of nitrogens with zero attached hydrogens (tertiary/aromatic N) is 2. The smallest absolute Gasteiger partial charge is 0.191 e. The lowest BCUT2D eigenvalue weighted by molar-refractivity contribution is 0.406. The molecule has 1 saturated heterocycles. The first-order chi connectivity index (χ1) is 14.2. The molecule has 29 heavy (non-hydrogen) atoms. The van der Waals surface area contributed by atoms with E-state index in [1.54, 1.807) is 14.2 Å². The van der Waals surface area contributed by atoms with E-state index in [0.717, 1.165) is 49.2 Å². The number of methoxy groups -OCH3 is 2. The summed E-state index contributed by atoms with van der Waals surface area (Å²) in [5.41, 5.74) is 2.34. The fraction of sp³-hybridized carbons (Fsp3) is 0.435. The molecule has 3 rings (SSSR count). The van der Waals surface area contributed by atoms with Gasteiger partial charge in [-0.1, -0.05) is 37.3 Å². The van der Waals surface area contributed by atoms with E-state index in [4.69, 9.17) is 9.47 Å². The topological polar surface area (TPSA) is 58.1 Å². The lowest BCUT2D eigenvalue weighted by Gasteiger charge is -2.23. The number of hydrogen-bond donors (Lipinski definition) is 2. The van der Waals surface area contributed by atoms with Crippen LogP contribution < -0.4 is 25.0 Å². The van der Waals surface area contributed by atoms with Crippen molar-refractivity contribution >= 4 is 11.6 Å². The van der Waals surface area contributed by atoms with Crippen LogP contribution in [0.5, 0.6) is 11.5 Å². The number of benzene rings is 2. The van der Waals surface area contributed by atoms with Crippen molar-refractivity contribution in [1.82, 2.24) is 10.6 Å². The maximum absolute atomic E-state index is 5.51. The summed E-state index contributed by atoms with van der Waals surface area (Å²) in [6.45, 7) is 4.88. The average Bonchev–Trinajstić information content (AvgIpc) is 3.24. The van der Waals surface area contributed by atoms with E-state index in [1.807, 2.05) is 37.4 Å². The van der Waals surface area contributed by atoms with Crippen molar-refractivity contribution in [3.05, 3.63) is 54.1 Å². The zero-order valence-corrected chi connectivity index (χ0v) is 17.8. The molecule has 2 aromatic carbocycles. The fourth-order valence-corrected chi connectivity index (χ4v) is 3.81. The maximum Gasteiger partial charge on any atom is 0.191 e. The molecule has 0 bridgehead atoms. The summed E-state index contributed by atoms with van der Waals surface area (Å²) in [7, 11) is 5.25. The van der Waals surface area contributed by atoms with Crippen molar-refractivity contribution in [1.29, 1.82) is 0 Å². The molecule has 1 heterocycles. The number of guanidine groups is 1. The Bertz CT molecular complexity index is 824. The molecule has 1 aliphatic heterocycles. The van der Waals surface area contributed by atoms with Gasteiger partial charge in [0.2, 0.25) is 0 Å². The van der Waals surface area contributed by atoms with E-state index < -0.39 is 0 Å². The van der Waals surface area contributed by atoms with E-state index in [0.29, 0.717) is 12.0 Å². The van der Waals surface area contributed by atoms with E-state index in [9.17, 15) is 0 Å². The van der Waals surface area contributed by atoms with Gasteiger partial charge in [-0.3, -0.25) is 4.99 Å². The second-order valence-corrected chi connectivity index (χ2v) is 7.34. The molecule has 2 aromatic rings. The minimum Gasteiger partial charge on any atom is -0.496 e. The highest BCUT2D eigenvalue weighted by atomic mass is 16.5. The number of para-hydroxylation sites is 3. The Morgan fingerprint density at radius 2 is 1.79 bits per heavy atom. The number of rotatable bonds is 7. The molecule has 0 aliphatic carbocycles. The van der Waals surface area contributed by atoms with Gasteiger partial charge in [0.1, 0.15) is 11.5 Å². The summed E-state index contributed by atoms with van der Waals surface area (Å²) in [5.74, 6) is 2.98. The normalized spacial score (nSPS) is 17.7. The van der Waals surface area contributed by atoms with E-state index in [-0.39, 0.29) is 0 Å². The average molecular weight is 397 g/mol. The Morgan fingerprint density at radius 1 is 1.10 bits per heavy atom. The van der Waals surface area contributed by atoms with E-state index in [2.05, 4.69) is 45.6 Å². The second-order valence-electron chi connectivity index (χ2n) is 7.34. The third-order valence-electron chi connectivity index (χ3n) is 5.42. The van der Waals surface area contributed by atoms with Crippen LogP contribution in [0.1, 0.15) is 24.8 Å². The van der Waals surface area contributed by atoms with Gasteiger partial charge in [0.05, 0.1) is 19.9 Å². The van der Waals surface area contributed by atoms with Gasteiger partial charge >= 0.3 is 0 Å². The van der Waals surface area contributed by atoms with Gasteiger partial charge in [-0.2, -0.15) is 0 Å². The number of hydrogen-bond acceptors (Lipinski definition) is 4. The lowest BCUT2D eigenvalue weighted by Crippen LogP contribution is -2.45. The summed E-state index contributed by atoms with van der Waals surface area (Å²) < 4.78 is 11.0. The third-order valence-corrected chi connectivity index (χ3v) is 5.42. The molecule has 0 aromatic heterocycles. The van der Waals surface area contributed by atoms with Crippen molar-refractivity contribution in [2.45, 2.75) is 25.3 Å². The first kappa shape index (κ1) is 20.8. The Balaban J connectivity index is 1.54. The molecule has 1 aliphatic rings. The van der Waals surface area contributed by atoms with Crippen LogP contribution in [0.3, 0.4) is 0 Å². The van der Waals surface area contributed by atoms with Crippen molar-refractivity contribution in [3.63, 3.8) is 0 Å². The third kappa shape index (κ3) is 5.13. The Morgan fingerprint density at radius 3 is 2.52 bits per heavy atom. The summed E-state index contributed by atoms with van der Waals surface area (Å²) in [6.07, 6.45) is 1.06. The minimum absolute atomic E-state index is 0.304. The summed E-state index contributed by atoms with van der Waals surface area (Å²) in [6, 6.07) is 16.7. The second kappa shape index (κ2) is 10.0. The van der Waals surface area contributed by atoms with Crippen LogP contribution in [-0.2, 0) is 0 Å². The van der Waals surface area contributed by atoms with Gasteiger partial charge < -0.3 is 25.0 Å². The van der Waals surface area contributed by atoms with Crippen LogP contribution >= 0.6 is 0 Å². The highest BCUT2D eigenvalue weighted by Gasteiger charge is 2.25. The maximum atomic E-state index is 5.51. The van der Waals surface area contributed by atoms with Gasteiger partial charge in [0.15, 0.2) is 5.96 Å². The van der Waals surface area contributed by atoms with Crippen LogP contribution in [0.15, 0.2) is 53.5 Å². The molecule has 0 spiro atoms. The predicted octanol–water partition coefficient (Wildman–Crippen LogP) is 3.25. The summed E-state index contributed by atoms with van der Waals surface area (Å²) in [5, 5.41) is 7.03. The van der Waals surface area contributed by atoms with Crippen LogP contribution in [-0.4, -0.2) is 52.9 Å². The fourth-order valence-electron chi connectivity index (χ4n) is 3.81. The molecule has 156 valence electrons. The van der Waals surface area contributed by atoms with Gasteiger partial charge in [0.25, 0.3) is 0 Å². The molecule has 1 fully saturated rings. The molecular formula is C23H32N4O2. The molecule has 2 unspecified atom stereocenters. The van der Waals surface area contributed by atoms with Gasteiger partial charge in [-0.05, 0) is 30.2 Å². The predicted molar refractivity (Wildman–Crippen MR) is 120 cm³/mol. The van der Waals surface area contributed by atoms with E-state index >= 15 is 0 Å². The standard InChI is InChI=1S/C23H32N4O2/c1-17(19-9-5-7-11-21(19)28-3)15-25-23(24-2)26-18-13-14-27(16-18)20-10-6-8-12-22(20)29-4/h5-12,17-18H,13-16H2,1-4H3,(H2,24,25,26). The van der Waals surface area contributed by atoms with Crippen LogP contribution in [0.2, 0.25) is 0 Å². The SMILES string of the molecule is CN=C(NCC(C)c1ccccc1OC)NC1CCN(c2ccccc2OC)C1. The Hall–Kier alpha value is -2.89. The Labute approximate surface area is 173 Å². The zero-order valence-electron chi connectivity index (χ0n) is 17.8. The quantitative estimate of drug-likeness (QED) is 0.556. The van der Waals surface area contributed by atoms with Crippen LogP contribution in [0.4, 0.5) is 5.69 Å².